The Labute approximate surface area is 72.5 Å². The number of benzene rings is 1. The van der Waals surface area contributed by atoms with Crippen LogP contribution in [0.4, 0.5) is 14.5 Å². The van der Waals surface area contributed by atoms with Crippen molar-refractivity contribution >= 4 is 11.8 Å². The smallest absolute Gasteiger partial charge is 0.258 e. The highest BCUT2D eigenvalue weighted by atomic mass is 19.3. The van der Waals surface area contributed by atoms with Gasteiger partial charge in [-0.2, -0.15) is 8.78 Å². The summed E-state index contributed by atoms with van der Waals surface area (Å²) in [6.45, 7) is 0. The van der Waals surface area contributed by atoms with E-state index in [1.165, 1.54) is 24.3 Å². The molecule has 1 rings (SSSR count). The van der Waals surface area contributed by atoms with E-state index in [1.54, 1.807) is 0 Å². The molecule has 0 spiro atoms. The molecule has 0 saturated carbocycles. The van der Waals surface area contributed by atoms with Crippen molar-refractivity contribution in [3.63, 3.8) is 0 Å². The van der Waals surface area contributed by atoms with Gasteiger partial charge in [-0.15, -0.1) is 0 Å². The summed E-state index contributed by atoms with van der Waals surface area (Å²) in [5.74, 6) is 0. The van der Waals surface area contributed by atoms with Crippen molar-refractivity contribution in [2.24, 2.45) is 0 Å². The summed E-state index contributed by atoms with van der Waals surface area (Å²) in [5, 5.41) is 10.3. The van der Waals surface area contributed by atoms with Gasteiger partial charge in [-0.05, 0) is 6.07 Å². The molecule has 1 aromatic carbocycles. The van der Waals surface area contributed by atoms with Gasteiger partial charge in [0, 0.05) is 12.1 Å². The summed E-state index contributed by atoms with van der Waals surface area (Å²) in [7, 11) is 0. The van der Waals surface area contributed by atoms with Gasteiger partial charge >= 0.3 is 0 Å². The summed E-state index contributed by atoms with van der Waals surface area (Å²) >= 11 is 0. The first kappa shape index (κ1) is 9.31. The fraction of sp³-hybridized carbons (Fsp3) is 0. The van der Waals surface area contributed by atoms with Gasteiger partial charge < -0.3 is 0 Å². The quantitative estimate of drug-likeness (QED) is 0.525. The Morgan fingerprint density at radius 1 is 1.38 bits per heavy atom. The Hall–Kier alpha value is -1.78. The summed E-state index contributed by atoms with van der Waals surface area (Å²) < 4.78 is 23.6. The van der Waals surface area contributed by atoms with Crippen molar-refractivity contribution in [1.29, 1.82) is 0 Å². The van der Waals surface area contributed by atoms with E-state index in [0.29, 0.717) is 6.08 Å². The van der Waals surface area contributed by atoms with Crippen LogP contribution in [0.15, 0.2) is 30.3 Å². The van der Waals surface area contributed by atoms with Crippen LogP contribution in [-0.4, -0.2) is 4.92 Å². The minimum Gasteiger partial charge on any atom is -0.258 e. The highest BCUT2D eigenvalue weighted by Gasteiger charge is 2.10. The zero-order valence-electron chi connectivity index (χ0n) is 6.41. The summed E-state index contributed by atoms with van der Waals surface area (Å²) in [6.07, 6.45) is -1.48. The Bertz CT molecular complexity index is 359. The van der Waals surface area contributed by atoms with Gasteiger partial charge in [0.1, 0.15) is 0 Å². The van der Waals surface area contributed by atoms with E-state index < -0.39 is 11.0 Å². The lowest BCUT2D eigenvalue weighted by Gasteiger charge is -1.94. The third-order valence-electron chi connectivity index (χ3n) is 1.40. The van der Waals surface area contributed by atoms with E-state index in [-0.39, 0.29) is 11.3 Å². The third-order valence-corrected chi connectivity index (χ3v) is 1.40. The Morgan fingerprint density at radius 3 is 2.54 bits per heavy atom. The molecule has 0 heterocycles. The first-order valence-electron chi connectivity index (χ1n) is 3.37. The van der Waals surface area contributed by atoms with Gasteiger partial charge in [0.25, 0.3) is 11.8 Å². The topological polar surface area (TPSA) is 43.1 Å². The maximum Gasteiger partial charge on any atom is 0.276 e. The normalized spacial score (nSPS) is 9.38. The van der Waals surface area contributed by atoms with E-state index in [9.17, 15) is 18.9 Å². The van der Waals surface area contributed by atoms with E-state index in [2.05, 4.69) is 0 Å². The van der Waals surface area contributed by atoms with Crippen LogP contribution in [0.2, 0.25) is 0 Å². The SMILES string of the molecule is O=[N+]([O-])c1ccccc1C=C(F)F. The molecule has 13 heavy (non-hydrogen) atoms. The van der Waals surface area contributed by atoms with Crippen LogP contribution in [0.25, 0.3) is 6.08 Å². The van der Waals surface area contributed by atoms with Crippen LogP contribution < -0.4 is 0 Å². The predicted octanol–water partition coefficient (Wildman–Crippen LogP) is 2.83. The van der Waals surface area contributed by atoms with Crippen LogP contribution in [0.3, 0.4) is 0 Å². The maximum atomic E-state index is 11.8. The molecule has 0 saturated heterocycles. The van der Waals surface area contributed by atoms with Gasteiger partial charge in [-0.1, -0.05) is 12.1 Å². The van der Waals surface area contributed by atoms with Gasteiger partial charge in [0.05, 0.1) is 10.5 Å². The van der Waals surface area contributed by atoms with Gasteiger partial charge in [-0.25, -0.2) is 0 Å². The molecule has 0 bridgehead atoms. The van der Waals surface area contributed by atoms with E-state index in [0.717, 1.165) is 0 Å². The monoisotopic (exact) mass is 185 g/mol. The second kappa shape index (κ2) is 3.75. The maximum absolute atomic E-state index is 11.8. The summed E-state index contributed by atoms with van der Waals surface area (Å²) in [6, 6.07) is 5.32. The molecule has 0 aromatic heterocycles. The number of halogens is 2. The number of nitrogens with zero attached hydrogens (tertiary/aromatic N) is 1. The first-order chi connectivity index (χ1) is 6.11. The van der Waals surface area contributed by atoms with Gasteiger partial charge in [0.2, 0.25) is 0 Å². The van der Waals surface area contributed by atoms with Crippen molar-refractivity contribution in [2.75, 3.05) is 0 Å². The number of nitro benzene ring substituents is 1. The molecule has 68 valence electrons. The summed E-state index contributed by atoms with van der Waals surface area (Å²) in [4.78, 5) is 9.64. The van der Waals surface area contributed by atoms with Crippen LogP contribution >= 0.6 is 0 Å². The molecule has 0 unspecified atom stereocenters. The van der Waals surface area contributed by atoms with E-state index in [4.69, 9.17) is 0 Å². The average Bonchev–Trinajstić information content (AvgIpc) is 2.03. The molecule has 1 aromatic rings. The fourth-order valence-electron chi connectivity index (χ4n) is 0.893. The van der Waals surface area contributed by atoms with Crippen LogP contribution in [-0.2, 0) is 0 Å². The van der Waals surface area contributed by atoms with Crippen molar-refractivity contribution < 1.29 is 13.7 Å². The molecule has 0 aliphatic heterocycles. The molecule has 0 N–H and O–H groups in total. The second-order valence-corrected chi connectivity index (χ2v) is 2.25. The molecule has 0 aliphatic carbocycles. The van der Waals surface area contributed by atoms with Crippen molar-refractivity contribution in [1.82, 2.24) is 0 Å². The van der Waals surface area contributed by atoms with Gasteiger partial charge in [-0.3, -0.25) is 10.1 Å². The molecule has 3 nitrogen and oxygen atoms in total. The standard InChI is InChI=1S/C8H5F2NO2/c9-8(10)5-6-3-1-2-4-7(6)11(12)13/h1-5H. The van der Waals surface area contributed by atoms with E-state index in [1.807, 2.05) is 0 Å². The third kappa shape index (κ3) is 2.33. The number of para-hydroxylation sites is 1. The molecule has 0 fully saturated rings. The Balaban J connectivity index is 3.20. The molecule has 0 amide bonds. The van der Waals surface area contributed by atoms with Gasteiger partial charge in [0.15, 0.2) is 0 Å². The zero-order chi connectivity index (χ0) is 9.84. The molecule has 0 atom stereocenters. The largest absolute Gasteiger partial charge is 0.276 e. The minimum atomic E-state index is -1.95. The lowest BCUT2D eigenvalue weighted by molar-refractivity contribution is -0.385. The van der Waals surface area contributed by atoms with Crippen molar-refractivity contribution in [2.45, 2.75) is 0 Å². The van der Waals surface area contributed by atoms with Crippen LogP contribution in [0.5, 0.6) is 0 Å². The second-order valence-electron chi connectivity index (χ2n) is 2.25. The molecule has 0 radical (unpaired) electrons. The highest BCUT2D eigenvalue weighted by Crippen LogP contribution is 2.20. The predicted molar refractivity (Wildman–Crippen MR) is 43.3 cm³/mol. The lowest BCUT2D eigenvalue weighted by Crippen LogP contribution is -1.90. The fourth-order valence-corrected chi connectivity index (χ4v) is 0.893. The number of hydrogen-bond donors (Lipinski definition) is 0. The highest BCUT2D eigenvalue weighted by molar-refractivity contribution is 5.60. The molecule has 0 aliphatic rings. The zero-order valence-corrected chi connectivity index (χ0v) is 6.41. The number of rotatable bonds is 2. The van der Waals surface area contributed by atoms with Crippen LogP contribution in [0, 0.1) is 10.1 Å². The Kier molecular flexibility index (Phi) is 2.69. The molecule has 5 heteroatoms. The lowest BCUT2D eigenvalue weighted by atomic mass is 10.2. The molecular weight excluding hydrogens is 180 g/mol. The first-order valence-corrected chi connectivity index (χ1v) is 3.37. The van der Waals surface area contributed by atoms with Crippen molar-refractivity contribution in [3.05, 3.63) is 46.0 Å². The number of nitro groups is 1. The Morgan fingerprint density at radius 2 is 2.00 bits per heavy atom. The molecular formula is C8H5F2NO2. The minimum absolute atomic E-state index is 0.0903. The van der Waals surface area contributed by atoms with E-state index >= 15 is 0 Å². The van der Waals surface area contributed by atoms with Crippen LogP contribution in [0.1, 0.15) is 5.56 Å². The summed E-state index contributed by atoms with van der Waals surface area (Å²) in [5.41, 5.74) is -0.414. The average molecular weight is 185 g/mol. The van der Waals surface area contributed by atoms with Crippen molar-refractivity contribution in [3.8, 4) is 0 Å². The number of hydrogen-bond acceptors (Lipinski definition) is 2.